The highest BCUT2D eigenvalue weighted by atomic mass is 16.4. The minimum atomic E-state index is -0.966. The highest BCUT2D eigenvalue weighted by molar-refractivity contribution is 5.92. The molecule has 0 aliphatic rings. The van der Waals surface area contributed by atoms with Crippen LogP contribution in [-0.2, 0) is 4.79 Å². The number of nitrogens with one attached hydrogen (secondary N) is 1. The molecule has 0 aromatic heterocycles. The van der Waals surface area contributed by atoms with Gasteiger partial charge in [-0.3, -0.25) is 4.90 Å². The molecule has 0 atom stereocenters. The lowest BCUT2D eigenvalue weighted by Gasteiger charge is -2.23. The number of carbonyl (C=O) groups is 2. The molecule has 31 heavy (non-hydrogen) atoms. The van der Waals surface area contributed by atoms with Gasteiger partial charge in [0.15, 0.2) is 0 Å². The van der Waals surface area contributed by atoms with Crippen LogP contribution in [0.25, 0.3) is 17.2 Å². The van der Waals surface area contributed by atoms with Crippen LogP contribution in [0.2, 0.25) is 0 Å². The van der Waals surface area contributed by atoms with Crippen molar-refractivity contribution >= 4 is 23.8 Å². The Morgan fingerprint density at radius 3 is 2.35 bits per heavy atom. The van der Waals surface area contributed by atoms with Crippen molar-refractivity contribution in [3.05, 3.63) is 60.2 Å². The molecule has 0 bridgehead atoms. The fraction of sp³-hybridized carbons (Fsp3) is 0.385. The maximum Gasteiger partial charge on any atom is 0.328 e. The first kappa shape index (κ1) is 24.2. The van der Waals surface area contributed by atoms with E-state index in [0.717, 1.165) is 47.7 Å². The standard InChI is InChI=1S/C26H34N2O3/c1-3-5-6-7-8-18-27-26(31)28(19-4-2)24-11-9-10-23(20-24)22-15-12-21(13-16-22)14-17-25(29)30/h9-17,20H,3-8,18-19H2,1-2H3,(H,27,31)(H,29,30). The number of carbonyl (C=O) groups excluding carboxylic acids is 1. The number of urea groups is 1. The third-order valence-electron chi connectivity index (χ3n) is 5.07. The van der Waals surface area contributed by atoms with Crippen molar-refractivity contribution in [3.8, 4) is 11.1 Å². The monoisotopic (exact) mass is 422 g/mol. The third-order valence-corrected chi connectivity index (χ3v) is 5.07. The van der Waals surface area contributed by atoms with Crippen molar-refractivity contribution in [2.75, 3.05) is 18.0 Å². The molecule has 0 aliphatic heterocycles. The molecular weight excluding hydrogens is 388 g/mol. The molecule has 0 unspecified atom stereocenters. The van der Waals surface area contributed by atoms with Gasteiger partial charge in [0.1, 0.15) is 0 Å². The van der Waals surface area contributed by atoms with Gasteiger partial charge in [-0.15, -0.1) is 0 Å². The van der Waals surface area contributed by atoms with E-state index in [9.17, 15) is 9.59 Å². The highest BCUT2D eigenvalue weighted by Crippen LogP contribution is 2.26. The summed E-state index contributed by atoms with van der Waals surface area (Å²) in [5.41, 5.74) is 3.73. The third kappa shape index (κ3) is 8.28. The first-order valence-electron chi connectivity index (χ1n) is 11.2. The number of carboxylic acids is 1. The number of nitrogens with zero attached hydrogens (tertiary/aromatic N) is 1. The lowest BCUT2D eigenvalue weighted by Crippen LogP contribution is -2.41. The Balaban J connectivity index is 2.07. The Hall–Kier alpha value is -3.08. The zero-order valence-electron chi connectivity index (χ0n) is 18.6. The minimum Gasteiger partial charge on any atom is -0.478 e. The Bertz CT molecular complexity index is 859. The molecule has 0 saturated carbocycles. The molecular formula is C26H34N2O3. The van der Waals surface area contributed by atoms with Gasteiger partial charge in [-0.25, -0.2) is 9.59 Å². The molecule has 0 radical (unpaired) electrons. The molecule has 2 amide bonds. The maximum absolute atomic E-state index is 12.8. The van der Waals surface area contributed by atoms with E-state index < -0.39 is 5.97 Å². The average molecular weight is 423 g/mol. The van der Waals surface area contributed by atoms with E-state index in [4.69, 9.17) is 5.11 Å². The SMILES string of the molecule is CCCCCCCNC(=O)N(CCC)c1cccc(-c2ccc(C=CC(=O)O)cc2)c1. The molecule has 5 heteroatoms. The van der Waals surface area contributed by atoms with Crippen LogP contribution >= 0.6 is 0 Å². The largest absolute Gasteiger partial charge is 0.478 e. The second-order valence-corrected chi connectivity index (χ2v) is 7.64. The number of aliphatic carboxylic acids is 1. The van der Waals surface area contributed by atoms with Gasteiger partial charge in [0, 0.05) is 24.9 Å². The molecule has 2 rings (SSSR count). The van der Waals surface area contributed by atoms with Gasteiger partial charge >= 0.3 is 12.0 Å². The predicted octanol–water partition coefficient (Wildman–Crippen LogP) is 6.35. The van der Waals surface area contributed by atoms with Crippen LogP contribution in [0, 0.1) is 0 Å². The average Bonchev–Trinajstić information content (AvgIpc) is 2.78. The summed E-state index contributed by atoms with van der Waals surface area (Å²) in [6.07, 6.45) is 9.41. The quantitative estimate of drug-likeness (QED) is 0.309. The molecule has 0 spiro atoms. The fourth-order valence-corrected chi connectivity index (χ4v) is 3.40. The van der Waals surface area contributed by atoms with Crippen molar-refractivity contribution in [2.24, 2.45) is 0 Å². The van der Waals surface area contributed by atoms with E-state index in [-0.39, 0.29) is 6.03 Å². The number of hydrogen-bond acceptors (Lipinski definition) is 2. The van der Waals surface area contributed by atoms with Gasteiger partial charge in [-0.1, -0.05) is 75.9 Å². The molecule has 166 valence electrons. The number of benzene rings is 2. The second kappa shape index (κ2) is 13.3. The van der Waals surface area contributed by atoms with E-state index in [1.54, 1.807) is 11.0 Å². The number of rotatable bonds is 12. The molecule has 0 aliphatic carbocycles. The van der Waals surface area contributed by atoms with E-state index >= 15 is 0 Å². The topological polar surface area (TPSA) is 69.6 Å². The summed E-state index contributed by atoms with van der Waals surface area (Å²) in [6.45, 7) is 5.62. The zero-order valence-corrected chi connectivity index (χ0v) is 18.6. The Morgan fingerprint density at radius 2 is 1.68 bits per heavy atom. The lowest BCUT2D eigenvalue weighted by molar-refractivity contribution is -0.131. The van der Waals surface area contributed by atoms with E-state index in [1.165, 1.54) is 19.3 Å². The second-order valence-electron chi connectivity index (χ2n) is 7.64. The number of amides is 2. The molecule has 0 saturated heterocycles. The van der Waals surface area contributed by atoms with E-state index in [1.807, 2.05) is 48.5 Å². The van der Waals surface area contributed by atoms with E-state index in [2.05, 4.69) is 19.2 Å². The van der Waals surface area contributed by atoms with Crippen molar-refractivity contribution in [3.63, 3.8) is 0 Å². The molecule has 0 heterocycles. The first-order valence-corrected chi connectivity index (χ1v) is 11.2. The zero-order chi connectivity index (χ0) is 22.5. The highest BCUT2D eigenvalue weighted by Gasteiger charge is 2.15. The summed E-state index contributed by atoms with van der Waals surface area (Å²) in [6, 6.07) is 15.6. The van der Waals surface area contributed by atoms with Crippen molar-refractivity contribution in [2.45, 2.75) is 52.4 Å². The summed E-state index contributed by atoms with van der Waals surface area (Å²) in [4.78, 5) is 25.3. The summed E-state index contributed by atoms with van der Waals surface area (Å²) in [5, 5.41) is 11.8. The number of carboxylic acid groups (broad SMARTS) is 1. The summed E-state index contributed by atoms with van der Waals surface area (Å²) < 4.78 is 0. The predicted molar refractivity (Wildman–Crippen MR) is 128 cm³/mol. The fourth-order valence-electron chi connectivity index (χ4n) is 3.40. The van der Waals surface area contributed by atoms with Crippen LogP contribution in [-0.4, -0.2) is 30.2 Å². The Labute approximate surface area is 185 Å². The van der Waals surface area contributed by atoms with Gasteiger partial charge in [0.05, 0.1) is 0 Å². The van der Waals surface area contributed by atoms with Crippen molar-refractivity contribution < 1.29 is 14.7 Å². The molecule has 5 nitrogen and oxygen atoms in total. The number of anilines is 1. The summed E-state index contributed by atoms with van der Waals surface area (Å²) in [5.74, 6) is -0.966. The van der Waals surface area contributed by atoms with Gasteiger partial charge in [-0.05, 0) is 47.7 Å². The molecule has 2 aromatic rings. The first-order chi connectivity index (χ1) is 15.0. The minimum absolute atomic E-state index is 0.0522. The summed E-state index contributed by atoms with van der Waals surface area (Å²) >= 11 is 0. The summed E-state index contributed by atoms with van der Waals surface area (Å²) in [7, 11) is 0. The number of unbranched alkanes of at least 4 members (excludes halogenated alkanes) is 4. The van der Waals surface area contributed by atoms with Crippen molar-refractivity contribution in [1.82, 2.24) is 5.32 Å². The van der Waals surface area contributed by atoms with Crippen LogP contribution in [0.5, 0.6) is 0 Å². The molecule has 0 fully saturated rings. The lowest BCUT2D eigenvalue weighted by atomic mass is 10.0. The van der Waals surface area contributed by atoms with Crippen LogP contribution < -0.4 is 10.2 Å². The normalized spacial score (nSPS) is 10.9. The van der Waals surface area contributed by atoms with Crippen LogP contribution in [0.3, 0.4) is 0 Å². The van der Waals surface area contributed by atoms with Gasteiger partial charge in [-0.2, -0.15) is 0 Å². The smallest absolute Gasteiger partial charge is 0.328 e. The van der Waals surface area contributed by atoms with Gasteiger partial charge < -0.3 is 10.4 Å². The van der Waals surface area contributed by atoms with Crippen LogP contribution in [0.1, 0.15) is 57.9 Å². The van der Waals surface area contributed by atoms with E-state index in [0.29, 0.717) is 13.1 Å². The van der Waals surface area contributed by atoms with Gasteiger partial charge in [0.2, 0.25) is 0 Å². The molecule has 2 aromatic carbocycles. The van der Waals surface area contributed by atoms with Crippen LogP contribution in [0.15, 0.2) is 54.6 Å². The Morgan fingerprint density at radius 1 is 0.935 bits per heavy atom. The van der Waals surface area contributed by atoms with Crippen molar-refractivity contribution in [1.29, 1.82) is 0 Å². The molecule has 2 N–H and O–H groups in total. The van der Waals surface area contributed by atoms with Crippen LogP contribution in [0.4, 0.5) is 10.5 Å². The Kier molecular flexibility index (Phi) is 10.4. The number of hydrogen-bond donors (Lipinski definition) is 2. The van der Waals surface area contributed by atoms with Gasteiger partial charge in [0.25, 0.3) is 0 Å². The maximum atomic E-state index is 12.8.